The van der Waals surface area contributed by atoms with Crippen LogP contribution in [0.25, 0.3) is 10.9 Å². The molecule has 98 valence electrons. The third-order valence-electron chi connectivity index (χ3n) is 4.98. The maximum Gasteiger partial charge on any atom is 0.309 e. The Balaban J connectivity index is 1.56. The van der Waals surface area contributed by atoms with Gasteiger partial charge in [-0.25, -0.2) is 0 Å². The van der Waals surface area contributed by atoms with E-state index < -0.39 is 5.97 Å². The lowest BCUT2D eigenvalue weighted by Crippen LogP contribution is -2.66. The molecule has 0 spiro atoms. The highest BCUT2D eigenvalue weighted by atomic mass is 16.4. The Kier molecular flexibility index (Phi) is 1.85. The molecule has 5 rings (SSSR count). The van der Waals surface area contributed by atoms with Crippen molar-refractivity contribution in [1.29, 1.82) is 0 Å². The summed E-state index contributed by atoms with van der Waals surface area (Å²) in [7, 11) is 1.94. The molecule has 1 heterocycles. The minimum Gasteiger partial charge on any atom is -0.481 e. The van der Waals surface area contributed by atoms with Gasteiger partial charge in [-0.05, 0) is 48.8 Å². The van der Waals surface area contributed by atoms with Gasteiger partial charge in [-0.3, -0.25) is 9.48 Å². The lowest BCUT2D eigenvalue weighted by atomic mass is 9.34. The summed E-state index contributed by atoms with van der Waals surface area (Å²) in [5.74, 6) is -0.600. The van der Waals surface area contributed by atoms with Crippen molar-refractivity contribution in [2.45, 2.75) is 25.7 Å². The van der Waals surface area contributed by atoms with Gasteiger partial charge in [0, 0.05) is 12.4 Å². The minimum absolute atomic E-state index is 0.272. The number of benzene rings is 1. The summed E-state index contributed by atoms with van der Waals surface area (Å²) in [6, 6.07) is 6.45. The summed E-state index contributed by atoms with van der Waals surface area (Å²) < 4.78 is 1.87. The molecular formula is C15H16N2O2. The number of hydrogen-bond donors (Lipinski definition) is 1. The molecule has 0 saturated heterocycles. The average Bonchev–Trinajstić information content (AvgIpc) is 2.63. The highest BCUT2D eigenvalue weighted by Gasteiger charge is 2.71. The summed E-state index contributed by atoms with van der Waals surface area (Å²) >= 11 is 0. The normalized spacial score (nSPS) is 31.8. The minimum atomic E-state index is -0.600. The van der Waals surface area contributed by atoms with E-state index >= 15 is 0 Å². The molecule has 3 fully saturated rings. The molecule has 0 unspecified atom stereocenters. The molecule has 4 heteroatoms. The van der Waals surface area contributed by atoms with Crippen LogP contribution in [0.1, 0.15) is 24.8 Å². The smallest absolute Gasteiger partial charge is 0.309 e. The second-order valence-electron chi connectivity index (χ2n) is 6.45. The van der Waals surface area contributed by atoms with Gasteiger partial charge in [0.25, 0.3) is 0 Å². The van der Waals surface area contributed by atoms with E-state index in [1.54, 1.807) is 0 Å². The number of carboxylic acids is 1. The van der Waals surface area contributed by atoms with Gasteiger partial charge in [-0.2, -0.15) is 5.10 Å². The Morgan fingerprint density at radius 2 is 2.16 bits per heavy atom. The van der Waals surface area contributed by atoms with Gasteiger partial charge in [-0.1, -0.05) is 6.07 Å². The predicted molar refractivity (Wildman–Crippen MR) is 70.8 cm³/mol. The van der Waals surface area contributed by atoms with Gasteiger partial charge in [0.2, 0.25) is 0 Å². The quantitative estimate of drug-likeness (QED) is 0.917. The van der Waals surface area contributed by atoms with Crippen molar-refractivity contribution in [2.24, 2.45) is 17.9 Å². The van der Waals surface area contributed by atoms with Crippen LogP contribution in [-0.4, -0.2) is 20.9 Å². The molecule has 2 aromatic rings. The van der Waals surface area contributed by atoms with E-state index in [0.29, 0.717) is 0 Å². The third-order valence-corrected chi connectivity index (χ3v) is 4.98. The first kappa shape index (κ1) is 11.0. The molecule has 1 aromatic carbocycles. The lowest BCUT2D eigenvalue weighted by Gasteiger charge is -2.68. The summed E-state index contributed by atoms with van der Waals surface area (Å²) in [5.41, 5.74) is 2.36. The van der Waals surface area contributed by atoms with Gasteiger partial charge in [0.1, 0.15) is 0 Å². The number of carboxylic acid groups (broad SMARTS) is 1. The molecule has 0 radical (unpaired) electrons. The van der Waals surface area contributed by atoms with Crippen LogP contribution in [0.15, 0.2) is 24.4 Å². The summed E-state index contributed by atoms with van der Waals surface area (Å²) in [6.45, 7) is 0. The van der Waals surface area contributed by atoms with Crippen LogP contribution in [0.4, 0.5) is 0 Å². The summed E-state index contributed by atoms with van der Waals surface area (Å²) in [4.78, 5) is 11.1. The molecule has 3 saturated carbocycles. The number of aromatic nitrogens is 2. The van der Waals surface area contributed by atoms with Crippen molar-refractivity contribution in [3.63, 3.8) is 0 Å². The highest BCUT2D eigenvalue weighted by molar-refractivity contribution is 5.80. The number of rotatable bonds is 3. The van der Waals surface area contributed by atoms with Crippen LogP contribution >= 0.6 is 0 Å². The molecule has 4 nitrogen and oxygen atoms in total. The average molecular weight is 256 g/mol. The van der Waals surface area contributed by atoms with Crippen LogP contribution < -0.4 is 0 Å². The van der Waals surface area contributed by atoms with Crippen molar-refractivity contribution in [3.8, 4) is 0 Å². The molecule has 2 bridgehead atoms. The first-order valence-electron chi connectivity index (χ1n) is 6.66. The molecule has 0 atom stereocenters. The van der Waals surface area contributed by atoms with Crippen molar-refractivity contribution >= 4 is 16.9 Å². The fourth-order valence-electron chi connectivity index (χ4n) is 4.17. The van der Waals surface area contributed by atoms with E-state index in [4.69, 9.17) is 5.11 Å². The summed E-state index contributed by atoms with van der Waals surface area (Å²) in [6.07, 6.45) is 5.48. The van der Waals surface area contributed by atoms with E-state index in [9.17, 15) is 4.79 Å². The summed E-state index contributed by atoms with van der Waals surface area (Å²) in [5, 5.41) is 14.6. The molecule has 1 aromatic heterocycles. The first-order valence-corrected chi connectivity index (χ1v) is 6.66. The van der Waals surface area contributed by atoms with E-state index in [1.165, 1.54) is 10.9 Å². The number of aryl methyl sites for hydroxylation is 1. The number of fused-ring (bicyclic) bond motifs is 1. The van der Waals surface area contributed by atoms with Crippen LogP contribution in [0.3, 0.4) is 0 Å². The Hall–Kier alpha value is -1.84. The first-order chi connectivity index (χ1) is 9.02. The third kappa shape index (κ3) is 1.34. The Morgan fingerprint density at radius 1 is 1.42 bits per heavy atom. The molecule has 19 heavy (non-hydrogen) atoms. The Labute approximate surface area is 111 Å². The van der Waals surface area contributed by atoms with Crippen molar-refractivity contribution in [3.05, 3.63) is 30.0 Å². The van der Waals surface area contributed by atoms with Gasteiger partial charge >= 0.3 is 5.97 Å². The predicted octanol–water partition coefficient (Wildman–Crippen LogP) is 2.37. The number of aliphatic carboxylic acids is 1. The lowest BCUT2D eigenvalue weighted by molar-refractivity contribution is -0.222. The number of carbonyl (C=O) groups is 1. The fraction of sp³-hybridized carbons (Fsp3) is 0.467. The monoisotopic (exact) mass is 256 g/mol. The zero-order chi connectivity index (χ0) is 13.3. The van der Waals surface area contributed by atoms with E-state index in [-0.39, 0.29) is 10.8 Å². The molecule has 0 amide bonds. The standard InChI is InChI=1S/C15H16N2O2/c1-17-12-3-2-10(4-11(12)6-16-17)5-14-7-15(8-14,9-14)13(18)19/h2-4,6H,5,7-9H2,1H3,(H,18,19). The maximum atomic E-state index is 11.1. The van der Waals surface area contributed by atoms with Gasteiger partial charge in [0.05, 0.1) is 17.1 Å². The zero-order valence-electron chi connectivity index (χ0n) is 10.9. The molecule has 3 aliphatic carbocycles. The van der Waals surface area contributed by atoms with Crippen LogP contribution in [0.2, 0.25) is 0 Å². The van der Waals surface area contributed by atoms with E-state index in [0.717, 1.165) is 31.2 Å². The molecule has 1 N–H and O–H groups in total. The van der Waals surface area contributed by atoms with Crippen molar-refractivity contribution in [1.82, 2.24) is 9.78 Å². The van der Waals surface area contributed by atoms with Crippen molar-refractivity contribution in [2.75, 3.05) is 0 Å². The van der Waals surface area contributed by atoms with Gasteiger partial charge in [0.15, 0.2) is 0 Å². The van der Waals surface area contributed by atoms with Crippen molar-refractivity contribution < 1.29 is 9.90 Å². The molecular weight excluding hydrogens is 240 g/mol. The number of nitrogens with zero attached hydrogens (tertiary/aromatic N) is 2. The largest absolute Gasteiger partial charge is 0.481 e. The van der Waals surface area contributed by atoms with Gasteiger partial charge in [-0.15, -0.1) is 0 Å². The molecule has 3 aliphatic rings. The van der Waals surface area contributed by atoms with Crippen LogP contribution in [0.5, 0.6) is 0 Å². The zero-order valence-corrected chi connectivity index (χ0v) is 10.9. The SMILES string of the molecule is Cn1ncc2cc(CC34CC(C(=O)O)(C3)C4)ccc21. The number of hydrogen-bond acceptors (Lipinski definition) is 2. The van der Waals surface area contributed by atoms with Gasteiger partial charge < -0.3 is 5.11 Å². The van der Waals surface area contributed by atoms with Crippen LogP contribution in [-0.2, 0) is 18.3 Å². The second kappa shape index (κ2) is 3.18. The highest BCUT2D eigenvalue weighted by Crippen LogP contribution is 2.74. The fourth-order valence-corrected chi connectivity index (χ4v) is 4.17. The van der Waals surface area contributed by atoms with E-state index in [2.05, 4.69) is 23.3 Å². The Bertz CT molecular complexity index is 681. The Morgan fingerprint density at radius 3 is 2.84 bits per heavy atom. The second-order valence-corrected chi connectivity index (χ2v) is 6.45. The van der Waals surface area contributed by atoms with E-state index in [1.807, 2.05) is 17.9 Å². The topological polar surface area (TPSA) is 55.1 Å². The molecule has 0 aliphatic heterocycles. The van der Waals surface area contributed by atoms with Crippen LogP contribution in [0, 0.1) is 10.8 Å². The maximum absolute atomic E-state index is 11.1.